The van der Waals surface area contributed by atoms with E-state index >= 15 is 0 Å². The number of esters is 1. The third kappa shape index (κ3) is 2.78. The third-order valence-electron chi connectivity index (χ3n) is 1.49. The molecule has 0 fully saturated rings. The molecule has 0 aliphatic carbocycles. The molecule has 74 valence electrons. The minimum absolute atomic E-state index is 0.144. The van der Waals surface area contributed by atoms with Gasteiger partial charge in [0.2, 0.25) is 0 Å². The normalized spacial score (nSPS) is 11.0. The van der Waals surface area contributed by atoms with E-state index in [4.69, 9.17) is 15.7 Å². The predicted octanol–water partition coefficient (Wildman–Crippen LogP) is 0.590. The van der Waals surface area contributed by atoms with Gasteiger partial charge in [-0.2, -0.15) is 0 Å². The van der Waals surface area contributed by atoms with Gasteiger partial charge in [0.25, 0.3) is 0 Å². The van der Waals surface area contributed by atoms with Gasteiger partial charge in [0.05, 0.1) is 5.56 Å². The molecule has 14 heavy (non-hydrogen) atoms. The first-order valence-corrected chi connectivity index (χ1v) is 3.92. The summed E-state index contributed by atoms with van der Waals surface area (Å²) in [6, 6.07) is 8.48. The highest BCUT2D eigenvalue weighted by Gasteiger charge is 2.06. The predicted molar refractivity (Wildman–Crippen MR) is 50.1 cm³/mol. The van der Waals surface area contributed by atoms with Gasteiger partial charge in [-0.25, -0.2) is 4.79 Å². The lowest BCUT2D eigenvalue weighted by Gasteiger charge is -2.02. The average Bonchev–Trinajstić information content (AvgIpc) is 2.26. The molecule has 0 saturated heterocycles. The quantitative estimate of drug-likeness (QED) is 0.242. The third-order valence-corrected chi connectivity index (χ3v) is 1.49. The summed E-state index contributed by atoms with van der Waals surface area (Å²) in [6.07, 6.45) is 0. The average molecular weight is 194 g/mol. The fraction of sp³-hybridized carbons (Fsp3) is 0.111. The number of amidine groups is 1. The molecule has 1 rings (SSSR count). The first kappa shape index (κ1) is 10.0. The zero-order chi connectivity index (χ0) is 10.4. The van der Waals surface area contributed by atoms with Crippen molar-refractivity contribution in [2.24, 2.45) is 10.9 Å². The van der Waals surface area contributed by atoms with Crippen LogP contribution < -0.4 is 5.73 Å². The van der Waals surface area contributed by atoms with Gasteiger partial charge in [-0.15, -0.1) is 0 Å². The first-order valence-electron chi connectivity index (χ1n) is 3.92. The van der Waals surface area contributed by atoms with E-state index in [0.29, 0.717) is 5.56 Å². The number of carbonyl (C=O) groups is 1. The molecule has 0 radical (unpaired) electrons. The van der Waals surface area contributed by atoms with Crippen molar-refractivity contribution in [2.45, 2.75) is 0 Å². The van der Waals surface area contributed by atoms with Crippen LogP contribution in [0.15, 0.2) is 35.5 Å². The van der Waals surface area contributed by atoms with Gasteiger partial charge in [-0.3, -0.25) is 0 Å². The molecule has 3 N–H and O–H groups in total. The lowest BCUT2D eigenvalue weighted by Crippen LogP contribution is -2.21. The number of benzene rings is 1. The van der Waals surface area contributed by atoms with Crippen LogP contribution in [0.25, 0.3) is 0 Å². The lowest BCUT2D eigenvalue weighted by molar-refractivity contribution is 0.0560. The van der Waals surface area contributed by atoms with Crippen LogP contribution in [0, 0.1) is 0 Å². The Morgan fingerprint density at radius 2 is 2.07 bits per heavy atom. The second-order valence-corrected chi connectivity index (χ2v) is 2.53. The van der Waals surface area contributed by atoms with E-state index < -0.39 is 5.97 Å². The summed E-state index contributed by atoms with van der Waals surface area (Å²) in [5.74, 6) is -0.647. The van der Waals surface area contributed by atoms with Crippen molar-refractivity contribution in [2.75, 3.05) is 6.61 Å². The van der Waals surface area contributed by atoms with Crippen molar-refractivity contribution < 1.29 is 14.7 Å². The molecule has 0 bridgehead atoms. The SMILES string of the molecule is N/C(COC(=O)c1ccccc1)=N/O. The summed E-state index contributed by atoms with van der Waals surface area (Å²) in [7, 11) is 0. The van der Waals surface area contributed by atoms with Crippen LogP contribution in [0.1, 0.15) is 10.4 Å². The number of oxime groups is 1. The molecule has 0 spiro atoms. The van der Waals surface area contributed by atoms with E-state index in [1.165, 1.54) is 0 Å². The van der Waals surface area contributed by atoms with Gasteiger partial charge in [-0.1, -0.05) is 23.4 Å². The fourth-order valence-electron chi connectivity index (χ4n) is 0.826. The fourth-order valence-corrected chi connectivity index (χ4v) is 0.826. The van der Waals surface area contributed by atoms with Crippen molar-refractivity contribution in [3.63, 3.8) is 0 Å². The molecule has 0 unspecified atom stereocenters. The summed E-state index contributed by atoms with van der Waals surface area (Å²) in [5.41, 5.74) is 5.55. The monoisotopic (exact) mass is 194 g/mol. The molecule has 0 atom stereocenters. The highest BCUT2D eigenvalue weighted by molar-refractivity contribution is 5.91. The number of hydrogen-bond acceptors (Lipinski definition) is 4. The first-order chi connectivity index (χ1) is 6.74. The maximum absolute atomic E-state index is 11.3. The van der Waals surface area contributed by atoms with Crippen LogP contribution in [0.5, 0.6) is 0 Å². The molecule has 0 aliphatic heterocycles. The topological polar surface area (TPSA) is 84.9 Å². The number of hydrogen-bond donors (Lipinski definition) is 2. The Kier molecular flexibility index (Phi) is 3.49. The molecule has 0 heterocycles. The Labute approximate surface area is 80.8 Å². The van der Waals surface area contributed by atoms with Gasteiger partial charge in [0, 0.05) is 0 Å². The van der Waals surface area contributed by atoms with E-state index in [9.17, 15) is 4.79 Å². The Bertz CT molecular complexity index is 335. The summed E-state index contributed by atoms with van der Waals surface area (Å²) >= 11 is 0. The zero-order valence-electron chi connectivity index (χ0n) is 7.38. The minimum atomic E-state index is -0.503. The van der Waals surface area contributed by atoms with Crippen molar-refractivity contribution >= 4 is 11.8 Å². The highest BCUT2D eigenvalue weighted by Crippen LogP contribution is 2.00. The Hall–Kier alpha value is -2.04. The maximum atomic E-state index is 11.3. The Morgan fingerprint density at radius 3 is 2.64 bits per heavy atom. The van der Waals surface area contributed by atoms with E-state index in [1.54, 1.807) is 30.3 Å². The number of rotatable bonds is 3. The van der Waals surface area contributed by atoms with Gasteiger partial charge in [-0.05, 0) is 12.1 Å². The maximum Gasteiger partial charge on any atom is 0.338 e. The summed E-state index contributed by atoms with van der Waals surface area (Å²) in [5, 5.41) is 10.9. The molecule has 1 aromatic rings. The second kappa shape index (κ2) is 4.86. The molecule has 5 nitrogen and oxygen atoms in total. The van der Waals surface area contributed by atoms with E-state index in [-0.39, 0.29) is 12.4 Å². The van der Waals surface area contributed by atoms with Crippen LogP contribution in [0.2, 0.25) is 0 Å². The van der Waals surface area contributed by atoms with Gasteiger partial charge >= 0.3 is 5.97 Å². The van der Waals surface area contributed by atoms with Crippen LogP contribution >= 0.6 is 0 Å². The largest absolute Gasteiger partial charge is 0.454 e. The van der Waals surface area contributed by atoms with Crippen molar-refractivity contribution in [3.8, 4) is 0 Å². The van der Waals surface area contributed by atoms with Crippen LogP contribution in [-0.4, -0.2) is 23.6 Å². The zero-order valence-corrected chi connectivity index (χ0v) is 7.38. The van der Waals surface area contributed by atoms with E-state index in [1.807, 2.05) is 0 Å². The standard InChI is InChI=1S/C9H10N2O3/c10-8(11-13)6-14-9(12)7-4-2-1-3-5-7/h1-5,13H,6H2,(H2,10,11). The number of carbonyl (C=O) groups excluding carboxylic acids is 1. The Balaban J connectivity index is 2.52. The Morgan fingerprint density at radius 1 is 1.43 bits per heavy atom. The number of nitrogens with zero attached hydrogens (tertiary/aromatic N) is 1. The van der Waals surface area contributed by atoms with Crippen molar-refractivity contribution in [1.29, 1.82) is 0 Å². The molecule has 5 heteroatoms. The van der Waals surface area contributed by atoms with E-state index in [0.717, 1.165) is 0 Å². The summed E-state index contributed by atoms with van der Waals surface area (Å²) in [4.78, 5) is 11.3. The molecule has 1 aromatic carbocycles. The number of ether oxygens (including phenoxy) is 1. The van der Waals surface area contributed by atoms with Gasteiger partial charge in [0.15, 0.2) is 12.4 Å². The molecule has 0 aromatic heterocycles. The molecule has 0 aliphatic rings. The highest BCUT2D eigenvalue weighted by atomic mass is 16.5. The second-order valence-electron chi connectivity index (χ2n) is 2.53. The number of nitrogens with two attached hydrogens (primary N) is 1. The molecular formula is C9H10N2O3. The minimum Gasteiger partial charge on any atom is -0.454 e. The van der Waals surface area contributed by atoms with Crippen molar-refractivity contribution in [3.05, 3.63) is 35.9 Å². The van der Waals surface area contributed by atoms with E-state index in [2.05, 4.69) is 5.16 Å². The molecule has 0 saturated carbocycles. The summed E-state index contributed by atoms with van der Waals surface area (Å²) in [6.45, 7) is -0.218. The van der Waals surface area contributed by atoms with Crippen LogP contribution in [0.4, 0.5) is 0 Å². The molecular weight excluding hydrogens is 184 g/mol. The lowest BCUT2D eigenvalue weighted by atomic mass is 10.2. The molecule has 0 amide bonds. The van der Waals surface area contributed by atoms with Gasteiger partial charge in [0.1, 0.15) is 0 Å². The smallest absolute Gasteiger partial charge is 0.338 e. The van der Waals surface area contributed by atoms with Crippen molar-refractivity contribution in [1.82, 2.24) is 0 Å². The van der Waals surface area contributed by atoms with Crippen LogP contribution in [-0.2, 0) is 4.74 Å². The summed E-state index contributed by atoms with van der Waals surface area (Å²) < 4.78 is 4.73. The van der Waals surface area contributed by atoms with Gasteiger partial charge < -0.3 is 15.7 Å². The van der Waals surface area contributed by atoms with Crippen LogP contribution in [0.3, 0.4) is 0 Å².